The molecule has 0 aliphatic rings. The fourth-order valence-electron chi connectivity index (χ4n) is 7.67. The first-order valence-corrected chi connectivity index (χ1v) is 17.3. The summed E-state index contributed by atoms with van der Waals surface area (Å²) in [7, 11) is 0. The van der Waals surface area contributed by atoms with Crippen LogP contribution in [0.4, 0.5) is 0 Å². The van der Waals surface area contributed by atoms with E-state index in [2.05, 4.69) is 168 Å². The van der Waals surface area contributed by atoms with Gasteiger partial charge in [-0.1, -0.05) is 140 Å². The van der Waals surface area contributed by atoms with Crippen molar-refractivity contribution >= 4 is 32.3 Å². The summed E-state index contributed by atoms with van der Waals surface area (Å²) in [6.45, 7) is 0. The van der Waals surface area contributed by atoms with Crippen LogP contribution < -0.4 is 0 Å². The van der Waals surface area contributed by atoms with E-state index in [0.717, 1.165) is 44.9 Å². The van der Waals surface area contributed by atoms with Crippen LogP contribution in [0.5, 0.6) is 0 Å². The minimum atomic E-state index is 0.739. The molecule has 0 saturated carbocycles. The smallest absolute Gasteiger partial charge is 0.181 e. The summed E-state index contributed by atoms with van der Waals surface area (Å²) in [5, 5.41) is 7.19. The molecule has 0 N–H and O–H groups in total. The molecule has 2 aromatic heterocycles. The number of rotatable bonds is 6. The Kier molecular flexibility index (Phi) is 7.10. The van der Waals surface area contributed by atoms with Gasteiger partial charge in [0.15, 0.2) is 24.3 Å². The molecule has 2 heterocycles. The average molecular weight is 667 g/mol. The zero-order valence-corrected chi connectivity index (χ0v) is 28.0. The van der Waals surface area contributed by atoms with Crippen molar-refractivity contribution < 1.29 is 8.83 Å². The topological polar surface area (TPSA) is 52.1 Å². The lowest BCUT2D eigenvalue weighted by molar-refractivity contribution is 0.571. The van der Waals surface area contributed by atoms with E-state index < -0.39 is 0 Å². The van der Waals surface area contributed by atoms with Gasteiger partial charge in [-0.25, -0.2) is 9.97 Å². The quantitative estimate of drug-likeness (QED) is 0.166. The molecule has 0 bridgehead atoms. The van der Waals surface area contributed by atoms with Crippen molar-refractivity contribution in [1.29, 1.82) is 0 Å². The first kappa shape index (κ1) is 29.8. The van der Waals surface area contributed by atoms with Crippen molar-refractivity contribution in [2.45, 2.75) is 0 Å². The van der Waals surface area contributed by atoms with Gasteiger partial charge in [0.2, 0.25) is 0 Å². The molecule has 52 heavy (non-hydrogen) atoms. The average Bonchev–Trinajstić information content (AvgIpc) is 3.96. The first-order valence-electron chi connectivity index (χ1n) is 17.3. The van der Waals surface area contributed by atoms with Gasteiger partial charge in [0.25, 0.3) is 0 Å². The molecule has 0 aliphatic heterocycles. The largest absolute Gasteiger partial charge is 0.444 e. The van der Waals surface area contributed by atoms with Gasteiger partial charge in [-0.2, -0.15) is 0 Å². The molecule has 0 saturated heterocycles. The third-order valence-corrected chi connectivity index (χ3v) is 10.1. The molecule has 0 amide bonds. The van der Waals surface area contributed by atoms with Crippen LogP contribution in [0.15, 0.2) is 192 Å². The summed E-state index contributed by atoms with van der Waals surface area (Å²) in [4.78, 5) is 8.35. The molecule has 0 unspecified atom stereocenters. The third-order valence-electron chi connectivity index (χ3n) is 10.1. The Bertz CT molecular complexity index is 2880. The van der Waals surface area contributed by atoms with E-state index in [0.29, 0.717) is 0 Å². The Hall–Kier alpha value is -7.04. The summed E-state index contributed by atoms with van der Waals surface area (Å²) in [5.41, 5.74) is 11.3. The molecule has 0 spiro atoms. The highest BCUT2D eigenvalue weighted by atomic mass is 16.3. The molecular weight excluding hydrogens is 637 g/mol. The van der Waals surface area contributed by atoms with E-state index in [-0.39, 0.29) is 0 Å². The summed E-state index contributed by atoms with van der Waals surface area (Å²) in [6, 6.07) is 56.8. The minimum absolute atomic E-state index is 0.739. The number of hydrogen-bond acceptors (Lipinski definition) is 4. The molecule has 244 valence electrons. The van der Waals surface area contributed by atoms with Crippen molar-refractivity contribution in [1.82, 2.24) is 9.97 Å². The summed E-state index contributed by atoms with van der Waals surface area (Å²) < 4.78 is 11.4. The minimum Gasteiger partial charge on any atom is -0.444 e. The van der Waals surface area contributed by atoms with Gasteiger partial charge in [-0.05, 0) is 95.0 Å². The molecule has 4 heteroatoms. The van der Waals surface area contributed by atoms with E-state index >= 15 is 0 Å². The second kappa shape index (κ2) is 12.4. The molecule has 0 fully saturated rings. The lowest BCUT2D eigenvalue weighted by Crippen LogP contribution is -1.92. The lowest BCUT2D eigenvalue weighted by atomic mass is 9.84. The molecular formula is C48H30N2O2. The van der Waals surface area contributed by atoms with Gasteiger partial charge in [0.05, 0.1) is 12.4 Å². The van der Waals surface area contributed by atoms with Gasteiger partial charge in [-0.3, -0.25) is 0 Å². The zero-order valence-electron chi connectivity index (χ0n) is 28.0. The molecule has 0 radical (unpaired) electrons. The van der Waals surface area contributed by atoms with Gasteiger partial charge < -0.3 is 8.83 Å². The second-order valence-corrected chi connectivity index (χ2v) is 13.1. The van der Waals surface area contributed by atoms with Gasteiger partial charge in [-0.15, -0.1) is 0 Å². The van der Waals surface area contributed by atoms with Gasteiger partial charge in [0, 0.05) is 11.1 Å². The molecule has 10 aromatic rings. The van der Waals surface area contributed by atoms with Crippen LogP contribution in [0, 0.1) is 0 Å². The fourth-order valence-corrected chi connectivity index (χ4v) is 7.67. The summed E-state index contributed by atoms with van der Waals surface area (Å²) in [5.74, 6) is 1.48. The highest BCUT2D eigenvalue weighted by Gasteiger charge is 2.19. The Labute approximate surface area is 300 Å². The van der Waals surface area contributed by atoms with Crippen LogP contribution in [0.3, 0.4) is 0 Å². The maximum absolute atomic E-state index is 5.72. The Balaban J connectivity index is 1.20. The van der Waals surface area contributed by atoms with E-state index in [9.17, 15) is 0 Å². The first-order chi connectivity index (χ1) is 25.8. The van der Waals surface area contributed by atoms with Crippen LogP contribution in [0.25, 0.3) is 99.5 Å². The van der Waals surface area contributed by atoms with Crippen LogP contribution in [0.1, 0.15) is 0 Å². The normalized spacial score (nSPS) is 11.5. The maximum atomic E-state index is 5.72. The lowest BCUT2D eigenvalue weighted by Gasteiger charge is -2.19. The van der Waals surface area contributed by atoms with Gasteiger partial charge >= 0.3 is 0 Å². The Morgan fingerprint density at radius 1 is 0.327 bits per heavy atom. The van der Waals surface area contributed by atoms with E-state index in [1.165, 1.54) is 67.4 Å². The van der Waals surface area contributed by atoms with Crippen LogP contribution in [-0.2, 0) is 0 Å². The zero-order chi connectivity index (χ0) is 34.4. The maximum Gasteiger partial charge on any atom is 0.181 e. The van der Waals surface area contributed by atoms with Crippen molar-refractivity contribution in [2.75, 3.05) is 0 Å². The van der Waals surface area contributed by atoms with Crippen molar-refractivity contribution in [2.24, 2.45) is 0 Å². The molecule has 10 rings (SSSR count). The van der Waals surface area contributed by atoms with E-state index in [4.69, 9.17) is 8.83 Å². The predicted molar refractivity (Wildman–Crippen MR) is 212 cm³/mol. The SMILES string of the molecule is c1cc(-c2cnco2)cc(-c2c3ccccc3c(-c3cccc(-c4cnco4)c3)c3cc(-c4ccc(-c5cccc6ccccc56)cc4)ccc23)c1. The van der Waals surface area contributed by atoms with Crippen LogP contribution in [-0.4, -0.2) is 9.97 Å². The second-order valence-electron chi connectivity index (χ2n) is 13.1. The number of fused-ring (bicyclic) bond motifs is 3. The summed E-state index contributed by atoms with van der Waals surface area (Å²) in [6.07, 6.45) is 6.48. The molecule has 4 nitrogen and oxygen atoms in total. The number of aromatic nitrogens is 2. The van der Waals surface area contributed by atoms with Crippen molar-refractivity contribution in [3.8, 4) is 67.2 Å². The van der Waals surface area contributed by atoms with E-state index in [1.54, 1.807) is 12.4 Å². The van der Waals surface area contributed by atoms with Crippen molar-refractivity contribution in [3.05, 3.63) is 183 Å². The van der Waals surface area contributed by atoms with Crippen LogP contribution in [0.2, 0.25) is 0 Å². The number of nitrogens with zero attached hydrogens (tertiary/aromatic N) is 2. The highest BCUT2D eigenvalue weighted by molar-refractivity contribution is 6.22. The van der Waals surface area contributed by atoms with Gasteiger partial charge in [0.1, 0.15) is 0 Å². The number of hydrogen-bond donors (Lipinski definition) is 0. The van der Waals surface area contributed by atoms with Crippen LogP contribution >= 0.6 is 0 Å². The molecule has 8 aromatic carbocycles. The highest BCUT2D eigenvalue weighted by Crippen LogP contribution is 2.46. The molecule has 0 aliphatic carbocycles. The summed E-state index contributed by atoms with van der Waals surface area (Å²) >= 11 is 0. The Morgan fingerprint density at radius 3 is 1.46 bits per heavy atom. The van der Waals surface area contributed by atoms with E-state index in [1.807, 2.05) is 0 Å². The predicted octanol–water partition coefficient (Wildman–Crippen LogP) is 13.1. The third kappa shape index (κ3) is 5.09. The Morgan fingerprint density at radius 2 is 0.827 bits per heavy atom. The fraction of sp³-hybridized carbons (Fsp3) is 0. The monoisotopic (exact) mass is 666 g/mol. The standard InChI is InChI=1S/C48H30N2O2/c1-2-14-39-32(8-1)9-7-17-40(39)33-20-18-31(19-21-33)34-22-23-43-44(26-34)48(38-13-6-11-36(25-38)46-28-50-30-52-46)42-16-4-3-15-41(42)47(43)37-12-5-10-35(24-37)45-27-49-29-51-45/h1-30H. The van der Waals surface area contributed by atoms with Crippen molar-refractivity contribution in [3.63, 3.8) is 0 Å². The number of benzene rings is 8. The number of oxazole rings is 2. The molecule has 0 atom stereocenters.